The Morgan fingerprint density at radius 3 is 2.37 bits per heavy atom. The molecule has 0 radical (unpaired) electrons. The van der Waals surface area contributed by atoms with E-state index in [1.165, 1.54) is 18.2 Å². The fourth-order valence-corrected chi connectivity index (χ4v) is 3.02. The zero-order chi connectivity index (χ0) is 22.0. The molecule has 4 nitrogen and oxygen atoms in total. The molecule has 0 aliphatic carbocycles. The largest absolute Gasteiger partial charge is 0.677 e. The number of nitrogens with one attached hydrogen (secondary N) is 1. The molecule has 0 spiro atoms. The number of allylic oxidation sites excluding steroid dienone is 1. The molecular weight excluding hydrogens is 409 g/mol. The fourth-order valence-electron chi connectivity index (χ4n) is 3.02. The van der Waals surface area contributed by atoms with Crippen LogP contribution in [0.4, 0.5) is 31.9 Å². The maximum absolute atomic E-state index is 14.7. The minimum atomic E-state index is -3.07. The second-order valence-electron chi connectivity index (χ2n) is 6.49. The molecule has 3 rings (SSSR count). The molecule has 0 saturated heterocycles. The highest BCUT2D eigenvalue weighted by molar-refractivity contribution is 6.41. The molecule has 1 aliphatic heterocycles. The van der Waals surface area contributed by atoms with Crippen LogP contribution < -0.4 is 11.1 Å². The normalized spacial score (nSPS) is 16.3. The summed E-state index contributed by atoms with van der Waals surface area (Å²) in [6.45, 7) is 2.43. The molecule has 158 valence electrons. The zero-order valence-corrected chi connectivity index (χ0v) is 15.8. The van der Waals surface area contributed by atoms with Crippen LogP contribution in [0.3, 0.4) is 0 Å². The zero-order valence-electron chi connectivity index (χ0n) is 15.8. The van der Waals surface area contributed by atoms with Crippen molar-refractivity contribution in [1.29, 1.82) is 0 Å². The Hall–Kier alpha value is -3.11. The van der Waals surface area contributed by atoms with Crippen LogP contribution in [0.25, 0.3) is 5.57 Å². The summed E-state index contributed by atoms with van der Waals surface area (Å²) in [5, 5.41) is 2.76. The van der Waals surface area contributed by atoms with Crippen LogP contribution in [0.2, 0.25) is 0 Å². The maximum atomic E-state index is 14.7. The molecule has 3 N–H and O–H groups in total. The van der Waals surface area contributed by atoms with Gasteiger partial charge in [0.2, 0.25) is 0 Å². The number of unbranched alkanes of at least 4 members (excludes halogenated alkanes) is 1. The summed E-state index contributed by atoms with van der Waals surface area (Å²) in [7, 11) is -3.07. The SMILES string of the molecule is CCCCN=C1C=C/C(=C(/c2c(F)c(F)c(N)c(F)c2F)c2cccn2B(F)F)N1. The molecule has 0 amide bonds. The number of benzene rings is 1. The highest BCUT2D eigenvalue weighted by atomic mass is 19.2. The number of rotatable bonds is 6. The highest BCUT2D eigenvalue weighted by Crippen LogP contribution is 2.36. The van der Waals surface area contributed by atoms with Crippen molar-refractivity contribution in [3.63, 3.8) is 0 Å². The fraction of sp³-hybridized carbons (Fsp3) is 0.211. The molecule has 2 aromatic rings. The quantitative estimate of drug-likeness (QED) is 0.235. The van der Waals surface area contributed by atoms with Gasteiger partial charge in [-0.3, -0.25) is 13.6 Å². The predicted octanol–water partition coefficient (Wildman–Crippen LogP) is 4.52. The van der Waals surface area contributed by atoms with E-state index in [0.29, 0.717) is 16.9 Å². The van der Waals surface area contributed by atoms with E-state index in [0.717, 1.165) is 25.1 Å². The lowest BCUT2D eigenvalue weighted by Gasteiger charge is -2.17. The Balaban J connectivity index is 2.26. The number of nitrogens with zero attached hydrogens (tertiary/aromatic N) is 2. The third kappa shape index (κ3) is 3.83. The van der Waals surface area contributed by atoms with E-state index in [9.17, 15) is 26.2 Å². The van der Waals surface area contributed by atoms with E-state index in [1.54, 1.807) is 0 Å². The van der Waals surface area contributed by atoms with Crippen LogP contribution in [0.15, 0.2) is 41.2 Å². The van der Waals surface area contributed by atoms with E-state index < -0.39 is 47.5 Å². The Morgan fingerprint density at radius 2 is 1.77 bits per heavy atom. The van der Waals surface area contributed by atoms with Crippen molar-refractivity contribution in [3.05, 3.63) is 70.7 Å². The monoisotopic (exact) mass is 426 g/mol. The first-order valence-electron chi connectivity index (χ1n) is 9.08. The molecule has 0 bridgehead atoms. The average Bonchev–Trinajstić information content (AvgIpc) is 3.38. The minimum Gasteiger partial charge on any atom is -0.394 e. The van der Waals surface area contributed by atoms with Gasteiger partial charge in [-0.25, -0.2) is 17.6 Å². The summed E-state index contributed by atoms with van der Waals surface area (Å²) >= 11 is 0. The van der Waals surface area contributed by atoms with Crippen LogP contribution in [0.1, 0.15) is 31.0 Å². The lowest BCUT2D eigenvalue weighted by atomic mass is 9.96. The maximum Gasteiger partial charge on any atom is 0.677 e. The molecule has 0 atom stereocenters. The van der Waals surface area contributed by atoms with Gasteiger partial charge in [-0.15, -0.1) is 0 Å². The number of nitrogens with two attached hydrogens (primary N) is 1. The Bertz CT molecular complexity index is 1030. The third-order valence-corrected chi connectivity index (χ3v) is 4.53. The standard InChI is InChI=1S/C19H17BF6N4/c1-2-3-8-28-12-7-6-10(29-12)13(11-5-4-9-30(11)20(25)26)14-15(21)17(23)19(27)18(24)16(14)22/h4-7,9H,2-3,8,27H2,1H3,(H,28,29)/b13-10-. The number of halogens is 6. The van der Waals surface area contributed by atoms with Crippen LogP contribution in [-0.2, 0) is 0 Å². The molecule has 1 aliphatic rings. The van der Waals surface area contributed by atoms with Crippen molar-refractivity contribution in [2.75, 3.05) is 12.3 Å². The summed E-state index contributed by atoms with van der Waals surface area (Å²) in [6, 6.07) is 2.37. The number of nitrogen functional groups attached to an aromatic ring is 1. The van der Waals surface area contributed by atoms with E-state index in [1.807, 2.05) is 6.92 Å². The van der Waals surface area contributed by atoms with Crippen molar-refractivity contribution in [3.8, 4) is 0 Å². The van der Waals surface area contributed by atoms with Crippen molar-refractivity contribution < 1.29 is 26.2 Å². The summed E-state index contributed by atoms with van der Waals surface area (Å²) < 4.78 is 85.0. The van der Waals surface area contributed by atoms with Crippen molar-refractivity contribution in [1.82, 2.24) is 9.79 Å². The summed E-state index contributed by atoms with van der Waals surface area (Å²) in [6.07, 6.45) is 5.47. The molecule has 11 heteroatoms. The van der Waals surface area contributed by atoms with Gasteiger partial charge in [-0.2, -0.15) is 0 Å². The van der Waals surface area contributed by atoms with Crippen molar-refractivity contribution in [2.45, 2.75) is 19.8 Å². The second-order valence-corrected chi connectivity index (χ2v) is 6.49. The number of anilines is 1. The van der Waals surface area contributed by atoms with Gasteiger partial charge in [-0.1, -0.05) is 13.3 Å². The molecular formula is C19H17BF6N4. The van der Waals surface area contributed by atoms with Gasteiger partial charge in [0, 0.05) is 23.5 Å². The molecule has 1 aromatic heterocycles. The van der Waals surface area contributed by atoms with Gasteiger partial charge in [0.05, 0.1) is 5.56 Å². The Kier molecular flexibility index (Phi) is 6.28. The van der Waals surface area contributed by atoms with Gasteiger partial charge in [0.1, 0.15) is 11.5 Å². The molecule has 30 heavy (non-hydrogen) atoms. The molecule has 1 aromatic carbocycles. The van der Waals surface area contributed by atoms with Crippen molar-refractivity contribution >= 4 is 24.5 Å². The first-order chi connectivity index (χ1) is 14.3. The number of hydrogen-bond acceptors (Lipinski definition) is 2. The molecule has 0 saturated carbocycles. The molecule has 0 fully saturated rings. The van der Waals surface area contributed by atoms with Crippen LogP contribution in [0, 0.1) is 23.3 Å². The second kappa shape index (κ2) is 8.72. The van der Waals surface area contributed by atoms with Crippen LogP contribution >= 0.6 is 0 Å². The van der Waals surface area contributed by atoms with Gasteiger partial charge in [0.25, 0.3) is 0 Å². The van der Waals surface area contributed by atoms with Crippen LogP contribution in [-0.4, -0.2) is 24.3 Å². The summed E-state index contributed by atoms with van der Waals surface area (Å²) in [4.78, 5) is 4.25. The van der Waals surface area contributed by atoms with E-state index in [-0.39, 0.29) is 11.4 Å². The van der Waals surface area contributed by atoms with E-state index in [4.69, 9.17) is 5.73 Å². The lowest BCUT2D eigenvalue weighted by Crippen LogP contribution is -2.21. The summed E-state index contributed by atoms with van der Waals surface area (Å²) in [5.74, 6) is -6.87. The topological polar surface area (TPSA) is 55.3 Å². The smallest absolute Gasteiger partial charge is 0.394 e. The third-order valence-electron chi connectivity index (χ3n) is 4.53. The molecule has 2 heterocycles. The lowest BCUT2D eigenvalue weighted by molar-refractivity contribution is 0.456. The first kappa shape index (κ1) is 21.6. The predicted molar refractivity (Wildman–Crippen MR) is 104 cm³/mol. The van der Waals surface area contributed by atoms with Crippen LogP contribution in [0.5, 0.6) is 0 Å². The minimum absolute atomic E-state index is 0.0489. The number of aliphatic imine (C=N–C) groups is 1. The first-order valence-corrected chi connectivity index (χ1v) is 9.08. The number of amidine groups is 1. The number of hydrogen-bond donors (Lipinski definition) is 2. The Morgan fingerprint density at radius 1 is 1.10 bits per heavy atom. The van der Waals surface area contributed by atoms with E-state index >= 15 is 0 Å². The number of aromatic nitrogens is 1. The van der Waals surface area contributed by atoms with Gasteiger partial charge in [-0.05, 0) is 36.9 Å². The summed E-state index contributed by atoms with van der Waals surface area (Å²) in [5.41, 5.74) is 1.69. The Labute approximate surface area is 169 Å². The van der Waals surface area contributed by atoms with Crippen molar-refractivity contribution in [2.24, 2.45) is 4.99 Å². The average molecular weight is 426 g/mol. The van der Waals surface area contributed by atoms with Gasteiger partial charge < -0.3 is 15.5 Å². The van der Waals surface area contributed by atoms with Gasteiger partial charge in [0.15, 0.2) is 23.3 Å². The molecule has 0 unspecified atom stereocenters. The van der Waals surface area contributed by atoms with Gasteiger partial charge >= 0.3 is 7.40 Å². The van der Waals surface area contributed by atoms with E-state index in [2.05, 4.69) is 10.3 Å². The highest BCUT2D eigenvalue weighted by Gasteiger charge is 2.32.